The Hall–Kier alpha value is -1.82. The molecular formula is C18H19BO4. The van der Waals surface area contributed by atoms with Crippen molar-refractivity contribution in [1.29, 1.82) is 0 Å². The smallest absolute Gasteiger partial charge is 0.456 e. The van der Waals surface area contributed by atoms with Crippen LogP contribution in [0, 0.1) is 5.41 Å². The minimum Gasteiger partial charge on any atom is -0.456 e. The lowest BCUT2D eigenvalue weighted by Crippen LogP contribution is -2.50. The molecule has 1 aromatic heterocycles. The third-order valence-electron chi connectivity index (χ3n) is 4.84. The number of aliphatic hydroxyl groups is 1. The second-order valence-corrected chi connectivity index (χ2v) is 6.32. The minimum atomic E-state index is -0.404. The predicted octanol–water partition coefficient (Wildman–Crippen LogP) is 2.72. The molecule has 0 amide bonds. The lowest BCUT2D eigenvalue weighted by Gasteiger charge is -2.37. The lowest BCUT2D eigenvalue weighted by atomic mass is 9.74. The van der Waals surface area contributed by atoms with Crippen LogP contribution in [-0.4, -0.2) is 32.0 Å². The molecule has 1 saturated heterocycles. The zero-order valence-corrected chi connectivity index (χ0v) is 13.1. The first kappa shape index (κ1) is 14.8. The Labute approximate surface area is 135 Å². The predicted molar refractivity (Wildman–Crippen MR) is 90.8 cm³/mol. The van der Waals surface area contributed by atoms with Crippen LogP contribution in [0.3, 0.4) is 0 Å². The van der Waals surface area contributed by atoms with Crippen molar-refractivity contribution in [3.05, 3.63) is 42.5 Å². The third-order valence-corrected chi connectivity index (χ3v) is 4.84. The van der Waals surface area contributed by atoms with Gasteiger partial charge in [-0.15, -0.1) is 0 Å². The van der Waals surface area contributed by atoms with Crippen molar-refractivity contribution in [2.24, 2.45) is 5.41 Å². The number of para-hydroxylation sites is 1. The van der Waals surface area contributed by atoms with Gasteiger partial charge in [-0.3, -0.25) is 0 Å². The van der Waals surface area contributed by atoms with Gasteiger partial charge in [-0.1, -0.05) is 37.3 Å². The first-order chi connectivity index (χ1) is 11.2. The van der Waals surface area contributed by atoms with Gasteiger partial charge in [-0.25, -0.2) is 0 Å². The van der Waals surface area contributed by atoms with E-state index in [2.05, 4.69) is 12.1 Å². The van der Waals surface area contributed by atoms with Gasteiger partial charge in [0, 0.05) is 29.4 Å². The molecule has 0 unspecified atom stereocenters. The summed E-state index contributed by atoms with van der Waals surface area (Å²) in [7, 11) is -0.404. The first-order valence-corrected chi connectivity index (χ1v) is 8.00. The van der Waals surface area contributed by atoms with E-state index in [-0.39, 0.29) is 12.0 Å². The molecule has 23 heavy (non-hydrogen) atoms. The molecule has 0 aliphatic carbocycles. The van der Waals surface area contributed by atoms with E-state index >= 15 is 0 Å². The molecule has 0 radical (unpaired) electrons. The van der Waals surface area contributed by atoms with Crippen LogP contribution in [0.1, 0.15) is 13.3 Å². The standard InChI is InChI=1S/C18H19BO4/c1-2-18(10-20)11-21-19(22-12-18)13-7-8-15-14-5-3-4-6-16(14)23-17(15)9-13/h3-9,20H,2,10-12H2,1H3. The zero-order chi connectivity index (χ0) is 15.9. The van der Waals surface area contributed by atoms with Crippen molar-refractivity contribution >= 4 is 34.5 Å². The van der Waals surface area contributed by atoms with Crippen molar-refractivity contribution in [1.82, 2.24) is 0 Å². The molecule has 4 rings (SSSR count). The van der Waals surface area contributed by atoms with E-state index in [0.717, 1.165) is 33.8 Å². The van der Waals surface area contributed by atoms with Crippen LogP contribution < -0.4 is 5.46 Å². The third kappa shape index (κ3) is 2.45. The number of benzene rings is 2. The minimum absolute atomic E-state index is 0.0822. The average molecular weight is 310 g/mol. The highest BCUT2D eigenvalue weighted by Crippen LogP contribution is 2.29. The van der Waals surface area contributed by atoms with Crippen LogP contribution in [0.2, 0.25) is 0 Å². The number of hydrogen-bond donors (Lipinski definition) is 1. The summed E-state index contributed by atoms with van der Waals surface area (Å²) in [6, 6.07) is 14.1. The van der Waals surface area contributed by atoms with Gasteiger partial charge in [0.2, 0.25) is 0 Å². The molecule has 0 atom stereocenters. The van der Waals surface area contributed by atoms with Gasteiger partial charge in [-0.2, -0.15) is 0 Å². The average Bonchev–Trinajstić information content (AvgIpc) is 2.99. The molecular weight excluding hydrogens is 291 g/mol. The summed E-state index contributed by atoms with van der Waals surface area (Å²) in [4.78, 5) is 0. The SMILES string of the molecule is CCC1(CO)COB(c2ccc3c(c2)oc2ccccc23)OC1. The molecule has 5 heteroatoms. The molecule has 118 valence electrons. The van der Waals surface area contributed by atoms with E-state index < -0.39 is 7.12 Å². The molecule has 2 aromatic carbocycles. The summed E-state index contributed by atoms with van der Waals surface area (Å²) in [5, 5.41) is 11.8. The Morgan fingerprint density at radius 1 is 1.04 bits per heavy atom. The van der Waals surface area contributed by atoms with E-state index in [0.29, 0.717) is 13.2 Å². The van der Waals surface area contributed by atoms with Crippen LogP contribution in [0.5, 0.6) is 0 Å². The highest BCUT2D eigenvalue weighted by Gasteiger charge is 2.38. The van der Waals surface area contributed by atoms with Gasteiger partial charge in [0.05, 0.1) is 6.61 Å². The van der Waals surface area contributed by atoms with E-state index in [1.807, 2.05) is 37.3 Å². The Kier molecular flexibility index (Phi) is 3.64. The van der Waals surface area contributed by atoms with Crippen LogP contribution in [-0.2, 0) is 9.31 Å². The van der Waals surface area contributed by atoms with Crippen molar-refractivity contribution in [3.63, 3.8) is 0 Å². The second kappa shape index (κ2) is 5.67. The summed E-state index contributed by atoms with van der Waals surface area (Å²) >= 11 is 0. The fraction of sp³-hybridized carbons (Fsp3) is 0.333. The summed E-state index contributed by atoms with van der Waals surface area (Å²) in [6.07, 6.45) is 0.832. The summed E-state index contributed by atoms with van der Waals surface area (Å²) < 4.78 is 17.6. The Morgan fingerprint density at radius 2 is 1.78 bits per heavy atom. The molecule has 0 bridgehead atoms. The molecule has 0 saturated carbocycles. The fourth-order valence-corrected chi connectivity index (χ4v) is 3.08. The van der Waals surface area contributed by atoms with Crippen molar-refractivity contribution < 1.29 is 18.8 Å². The molecule has 0 spiro atoms. The van der Waals surface area contributed by atoms with Gasteiger partial charge in [-0.05, 0) is 24.0 Å². The Morgan fingerprint density at radius 3 is 2.52 bits per heavy atom. The number of aliphatic hydroxyl groups excluding tert-OH is 1. The number of rotatable bonds is 3. The second-order valence-electron chi connectivity index (χ2n) is 6.32. The summed E-state index contributed by atoms with van der Waals surface area (Å²) in [5.41, 5.74) is 2.39. The quantitative estimate of drug-likeness (QED) is 0.756. The van der Waals surface area contributed by atoms with Gasteiger partial charge in [0.25, 0.3) is 0 Å². The van der Waals surface area contributed by atoms with E-state index in [1.165, 1.54) is 0 Å². The van der Waals surface area contributed by atoms with Crippen molar-refractivity contribution in [2.45, 2.75) is 13.3 Å². The van der Waals surface area contributed by atoms with E-state index in [4.69, 9.17) is 13.7 Å². The molecule has 4 nitrogen and oxygen atoms in total. The molecule has 1 aliphatic heterocycles. The van der Waals surface area contributed by atoms with E-state index in [1.54, 1.807) is 0 Å². The van der Waals surface area contributed by atoms with Gasteiger partial charge < -0.3 is 18.8 Å². The van der Waals surface area contributed by atoms with Crippen molar-refractivity contribution in [3.8, 4) is 0 Å². The number of furan rings is 1. The molecule has 3 aromatic rings. The largest absolute Gasteiger partial charge is 0.494 e. The van der Waals surface area contributed by atoms with Gasteiger partial charge in [0.1, 0.15) is 11.2 Å². The van der Waals surface area contributed by atoms with E-state index in [9.17, 15) is 5.11 Å². The highest BCUT2D eigenvalue weighted by atomic mass is 16.6. The van der Waals surface area contributed by atoms with Gasteiger partial charge >= 0.3 is 7.12 Å². The monoisotopic (exact) mass is 310 g/mol. The van der Waals surface area contributed by atoms with Crippen LogP contribution >= 0.6 is 0 Å². The molecule has 1 aliphatic rings. The number of fused-ring (bicyclic) bond motifs is 3. The zero-order valence-electron chi connectivity index (χ0n) is 13.1. The van der Waals surface area contributed by atoms with Crippen molar-refractivity contribution in [2.75, 3.05) is 19.8 Å². The topological polar surface area (TPSA) is 51.8 Å². The Balaban J connectivity index is 1.64. The first-order valence-electron chi connectivity index (χ1n) is 8.00. The fourth-order valence-electron chi connectivity index (χ4n) is 3.08. The maximum absolute atomic E-state index is 9.55. The highest BCUT2D eigenvalue weighted by molar-refractivity contribution is 6.61. The summed E-state index contributed by atoms with van der Waals surface area (Å²) in [6.45, 7) is 3.13. The maximum atomic E-state index is 9.55. The van der Waals surface area contributed by atoms with Crippen LogP contribution in [0.15, 0.2) is 46.9 Å². The normalized spacial score (nSPS) is 17.9. The molecule has 1 fully saturated rings. The Bertz CT molecular complexity index is 827. The molecule has 1 N–H and O–H groups in total. The van der Waals surface area contributed by atoms with Crippen LogP contribution in [0.4, 0.5) is 0 Å². The summed E-state index contributed by atoms with van der Waals surface area (Å²) in [5.74, 6) is 0. The number of hydrogen-bond acceptors (Lipinski definition) is 4. The molecule has 2 heterocycles. The van der Waals surface area contributed by atoms with Crippen LogP contribution in [0.25, 0.3) is 21.9 Å². The maximum Gasteiger partial charge on any atom is 0.494 e. The lowest BCUT2D eigenvalue weighted by molar-refractivity contribution is -0.0291. The van der Waals surface area contributed by atoms with Gasteiger partial charge in [0.15, 0.2) is 0 Å².